The van der Waals surface area contributed by atoms with Crippen LogP contribution in [0.25, 0.3) is 0 Å². The number of ether oxygens (including phenoxy) is 1. The van der Waals surface area contributed by atoms with Crippen LogP contribution in [0.2, 0.25) is 0 Å². The summed E-state index contributed by atoms with van der Waals surface area (Å²) in [5, 5.41) is 0. The van der Waals surface area contributed by atoms with Crippen molar-refractivity contribution in [1.82, 2.24) is 4.98 Å². The van der Waals surface area contributed by atoms with Gasteiger partial charge in [0, 0.05) is 18.8 Å². The second-order valence-electron chi connectivity index (χ2n) is 5.20. The van der Waals surface area contributed by atoms with Crippen LogP contribution < -0.4 is 10.6 Å². The molecule has 20 heavy (non-hydrogen) atoms. The minimum absolute atomic E-state index is 0.137. The van der Waals surface area contributed by atoms with Crippen molar-refractivity contribution >= 4 is 29.0 Å². The molecule has 1 aromatic rings. The molecule has 2 unspecified atom stereocenters. The second kappa shape index (κ2) is 5.75. The number of hydrogen-bond donors (Lipinski definition) is 1. The predicted molar refractivity (Wildman–Crippen MR) is 81.7 cm³/mol. The van der Waals surface area contributed by atoms with Gasteiger partial charge >= 0.3 is 5.97 Å². The van der Waals surface area contributed by atoms with Gasteiger partial charge in [0.1, 0.15) is 10.8 Å². The quantitative estimate of drug-likeness (QED) is 0.668. The van der Waals surface area contributed by atoms with Gasteiger partial charge in [-0.15, -0.1) is 0 Å². The van der Waals surface area contributed by atoms with Crippen molar-refractivity contribution < 1.29 is 9.53 Å². The fraction of sp³-hybridized carbons (Fsp3) is 0.500. The summed E-state index contributed by atoms with van der Waals surface area (Å²) in [4.78, 5) is 18.7. The molecular weight excluding hydrogens is 274 g/mol. The van der Waals surface area contributed by atoms with E-state index in [4.69, 9.17) is 22.7 Å². The number of carbonyl (C=O) groups excluding carboxylic acids is 1. The fourth-order valence-electron chi connectivity index (χ4n) is 2.57. The molecule has 2 atom stereocenters. The zero-order valence-corrected chi connectivity index (χ0v) is 12.7. The molecule has 5 nitrogen and oxygen atoms in total. The van der Waals surface area contributed by atoms with Crippen molar-refractivity contribution in [3.63, 3.8) is 0 Å². The zero-order chi connectivity index (χ0) is 14.9. The van der Waals surface area contributed by atoms with Gasteiger partial charge in [-0.25, -0.2) is 4.98 Å². The average molecular weight is 293 g/mol. The third-order valence-corrected chi connectivity index (χ3v) is 3.92. The topological polar surface area (TPSA) is 68.5 Å². The van der Waals surface area contributed by atoms with Crippen LogP contribution >= 0.6 is 12.2 Å². The van der Waals surface area contributed by atoms with E-state index in [2.05, 4.69) is 9.88 Å². The van der Waals surface area contributed by atoms with E-state index in [1.807, 2.05) is 26.0 Å². The van der Waals surface area contributed by atoms with E-state index in [1.54, 1.807) is 0 Å². The van der Waals surface area contributed by atoms with E-state index in [-0.39, 0.29) is 17.8 Å². The summed E-state index contributed by atoms with van der Waals surface area (Å²) in [6.45, 7) is 5.29. The third-order valence-electron chi connectivity index (χ3n) is 3.70. The molecule has 0 radical (unpaired) electrons. The molecule has 1 aliphatic rings. The highest BCUT2D eigenvalue weighted by Gasteiger charge is 2.37. The number of hydrogen-bond acceptors (Lipinski definition) is 5. The molecular formula is C14H19N3O2S. The molecule has 2 N–H and O–H groups in total. The first-order valence-corrected chi connectivity index (χ1v) is 6.95. The van der Waals surface area contributed by atoms with Crippen molar-refractivity contribution in [3.05, 3.63) is 23.4 Å². The Hall–Kier alpha value is -1.69. The minimum atomic E-state index is -0.176. The molecule has 0 saturated carbocycles. The van der Waals surface area contributed by atoms with Crippen molar-refractivity contribution in [1.29, 1.82) is 0 Å². The molecule has 1 aromatic heterocycles. The lowest BCUT2D eigenvalue weighted by Crippen LogP contribution is -2.27. The normalized spacial score (nSPS) is 21.9. The van der Waals surface area contributed by atoms with E-state index in [0.29, 0.717) is 11.5 Å². The maximum absolute atomic E-state index is 11.8. The third kappa shape index (κ3) is 2.75. The summed E-state index contributed by atoms with van der Waals surface area (Å²) in [5.41, 5.74) is 7.41. The van der Waals surface area contributed by atoms with Crippen molar-refractivity contribution in [3.8, 4) is 0 Å². The summed E-state index contributed by atoms with van der Waals surface area (Å²) in [5.74, 6) is 0.658. The van der Waals surface area contributed by atoms with Gasteiger partial charge in [-0.05, 0) is 25.0 Å². The number of aromatic nitrogens is 1. The van der Waals surface area contributed by atoms with E-state index < -0.39 is 0 Å². The zero-order valence-electron chi connectivity index (χ0n) is 11.9. The standard InChI is InChI=1S/C14H19N3O2S/c1-8-6-17(7-11(8)14(18)19-3)13-10(12(15)20)5-4-9(2)16-13/h4-5,8,11H,6-7H2,1-3H3,(H2,15,20). The van der Waals surface area contributed by atoms with Gasteiger partial charge in [0.15, 0.2) is 0 Å². The Bertz CT molecular complexity index is 547. The molecule has 0 aromatic carbocycles. The van der Waals surface area contributed by atoms with Gasteiger partial charge in [0.2, 0.25) is 0 Å². The number of aryl methyl sites for hydroxylation is 1. The molecule has 1 aliphatic heterocycles. The Morgan fingerprint density at radius 2 is 2.20 bits per heavy atom. The highest BCUT2D eigenvalue weighted by molar-refractivity contribution is 7.80. The highest BCUT2D eigenvalue weighted by atomic mass is 32.1. The van der Waals surface area contributed by atoms with Crippen molar-refractivity contribution in [2.75, 3.05) is 25.1 Å². The van der Waals surface area contributed by atoms with Crippen LogP contribution in [0.15, 0.2) is 12.1 Å². The largest absolute Gasteiger partial charge is 0.469 e. The molecule has 0 spiro atoms. The molecule has 2 heterocycles. The van der Waals surface area contributed by atoms with Crippen LogP contribution in [-0.4, -0.2) is 36.1 Å². The molecule has 108 valence electrons. The molecule has 1 saturated heterocycles. The lowest BCUT2D eigenvalue weighted by atomic mass is 9.99. The first kappa shape index (κ1) is 14.7. The summed E-state index contributed by atoms with van der Waals surface area (Å²) < 4.78 is 4.85. The van der Waals surface area contributed by atoms with E-state index >= 15 is 0 Å². The van der Waals surface area contributed by atoms with Crippen LogP contribution in [-0.2, 0) is 9.53 Å². The molecule has 0 bridgehead atoms. The maximum Gasteiger partial charge on any atom is 0.310 e. The minimum Gasteiger partial charge on any atom is -0.469 e. The van der Waals surface area contributed by atoms with E-state index in [0.717, 1.165) is 23.6 Å². The first-order valence-electron chi connectivity index (χ1n) is 6.54. The second-order valence-corrected chi connectivity index (χ2v) is 5.64. The van der Waals surface area contributed by atoms with Crippen LogP contribution in [0, 0.1) is 18.8 Å². The average Bonchev–Trinajstić information content (AvgIpc) is 2.79. The molecule has 0 amide bonds. The Balaban J connectivity index is 2.31. The van der Waals surface area contributed by atoms with Gasteiger partial charge in [-0.3, -0.25) is 4.79 Å². The number of carbonyl (C=O) groups is 1. The number of pyridine rings is 1. The van der Waals surface area contributed by atoms with Crippen molar-refractivity contribution in [2.45, 2.75) is 13.8 Å². The number of esters is 1. The maximum atomic E-state index is 11.8. The van der Waals surface area contributed by atoms with Crippen molar-refractivity contribution in [2.24, 2.45) is 17.6 Å². The Kier molecular flexibility index (Phi) is 4.23. The van der Waals surface area contributed by atoms with Crippen LogP contribution in [0.4, 0.5) is 5.82 Å². The van der Waals surface area contributed by atoms with Gasteiger partial charge in [0.05, 0.1) is 18.6 Å². The molecule has 0 aliphatic carbocycles. The SMILES string of the molecule is COC(=O)C1CN(c2nc(C)ccc2C(N)=S)CC1C. The summed E-state index contributed by atoms with van der Waals surface area (Å²) in [6, 6.07) is 3.77. The smallest absolute Gasteiger partial charge is 0.310 e. The number of methoxy groups -OCH3 is 1. The van der Waals surface area contributed by atoms with Crippen LogP contribution in [0.5, 0.6) is 0 Å². The highest BCUT2D eigenvalue weighted by Crippen LogP contribution is 2.30. The van der Waals surface area contributed by atoms with E-state index in [1.165, 1.54) is 7.11 Å². The molecule has 2 rings (SSSR count). The number of thiocarbonyl (C=S) groups is 1. The summed E-state index contributed by atoms with van der Waals surface area (Å²) in [7, 11) is 1.42. The van der Waals surface area contributed by atoms with Gasteiger partial charge in [-0.1, -0.05) is 19.1 Å². The van der Waals surface area contributed by atoms with E-state index in [9.17, 15) is 4.79 Å². The van der Waals surface area contributed by atoms with Gasteiger partial charge in [-0.2, -0.15) is 0 Å². The number of anilines is 1. The Labute approximate surface area is 124 Å². The lowest BCUT2D eigenvalue weighted by Gasteiger charge is -2.20. The molecule has 6 heteroatoms. The monoisotopic (exact) mass is 293 g/mol. The number of rotatable bonds is 3. The van der Waals surface area contributed by atoms with Crippen LogP contribution in [0.1, 0.15) is 18.2 Å². The first-order chi connectivity index (χ1) is 9.43. The predicted octanol–water partition coefficient (Wildman–Crippen LogP) is 1.27. The van der Waals surface area contributed by atoms with Gasteiger partial charge < -0.3 is 15.4 Å². The summed E-state index contributed by atoms with van der Waals surface area (Å²) in [6.07, 6.45) is 0. The Morgan fingerprint density at radius 1 is 1.50 bits per heavy atom. The summed E-state index contributed by atoms with van der Waals surface area (Å²) >= 11 is 5.08. The van der Waals surface area contributed by atoms with Gasteiger partial charge in [0.25, 0.3) is 0 Å². The number of nitrogens with two attached hydrogens (primary N) is 1. The lowest BCUT2D eigenvalue weighted by molar-refractivity contribution is -0.145. The fourth-order valence-corrected chi connectivity index (χ4v) is 2.73. The molecule has 1 fully saturated rings. The Morgan fingerprint density at radius 3 is 2.80 bits per heavy atom. The number of nitrogens with zero attached hydrogens (tertiary/aromatic N) is 2. The van der Waals surface area contributed by atoms with Crippen LogP contribution in [0.3, 0.4) is 0 Å².